The van der Waals surface area contributed by atoms with E-state index in [9.17, 15) is 9.90 Å². The normalized spacial score (nSPS) is 12.5. The smallest absolute Gasteiger partial charge is 0.337 e. The monoisotopic (exact) mass is 384 g/mol. The maximum Gasteiger partial charge on any atom is 0.337 e. The van der Waals surface area contributed by atoms with Crippen LogP contribution in [0.5, 0.6) is 0 Å². The van der Waals surface area contributed by atoms with Gasteiger partial charge in [0.1, 0.15) is 0 Å². The number of hydrogen-bond acceptors (Lipinski definition) is 4. The number of benzene rings is 1. The first kappa shape index (κ1) is 19.3. The Labute approximate surface area is 163 Å². The molecular weight excluding hydrogens is 364 g/mol. The molecule has 2 aromatic heterocycles. The van der Waals surface area contributed by atoms with E-state index in [1.54, 1.807) is 25.3 Å². The second kappa shape index (κ2) is 7.62. The Morgan fingerprint density at radius 1 is 1.19 bits per heavy atom. The molecule has 0 fully saturated rings. The van der Waals surface area contributed by atoms with Crippen molar-refractivity contribution >= 4 is 28.5 Å². The number of pyridine rings is 2. The zero-order chi connectivity index (χ0) is 19.7. The second-order valence-corrected chi connectivity index (χ2v) is 7.18. The summed E-state index contributed by atoms with van der Waals surface area (Å²) in [4.78, 5) is 21.0. The first-order chi connectivity index (χ1) is 12.8. The van der Waals surface area contributed by atoms with Crippen molar-refractivity contribution < 1.29 is 14.6 Å². The lowest BCUT2D eigenvalue weighted by molar-refractivity contribution is -0.153. The number of halogens is 1. The van der Waals surface area contributed by atoms with E-state index in [2.05, 4.69) is 9.97 Å². The number of fused-ring (bicyclic) bond motifs is 1. The summed E-state index contributed by atoms with van der Waals surface area (Å²) in [6, 6.07) is 9.22. The fourth-order valence-corrected chi connectivity index (χ4v) is 3.31. The molecule has 0 amide bonds. The van der Waals surface area contributed by atoms with Gasteiger partial charge in [-0.2, -0.15) is 0 Å². The van der Waals surface area contributed by atoms with Crippen molar-refractivity contribution in [3.8, 4) is 11.1 Å². The van der Waals surface area contributed by atoms with E-state index in [1.807, 2.05) is 39.0 Å². The zero-order valence-electron chi connectivity index (χ0n) is 15.7. The van der Waals surface area contributed by atoms with Gasteiger partial charge in [0.2, 0.25) is 0 Å². The van der Waals surface area contributed by atoms with Crippen molar-refractivity contribution in [1.29, 1.82) is 0 Å². The zero-order valence-corrected chi connectivity index (χ0v) is 16.4. The molecule has 3 rings (SSSR count). The van der Waals surface area contributed by atoms with Gasteiger partial charge in [-0.1, -0.05) is 17.7 Å². The van der Waals surface area contributed by atoms with Crippen LogP contribution in [0.15, 0.2) is 36.5 Å². The van der Waals surface area contributed by atoms with E-state index in [4.69, 9.17) is 16.3 Å². The molecule has 1 unspecified atom stereocenters. The minimum atomic E-state index is -1.14. The number of aliphatic carboxylic acids is 1. The highest BCUT2D eigenvalue weighted by Crippen LogP contribution is 2.38. The summed E-state index contributed by atoms with van der Waals surface area (Å²) < 4.78 is 5.75. The van der Waals surface area contributed by atoms with Crippen LogP contribution in [0.2, 0.25) is 5.02 Å². The van der Waals surface area contributed by atoms with Gasteiger partial charge in [-0.15, -0.1) is 0 Å². The molecular formula is C21H21ClN2O3. The number of ether oxygens (including phenoxy) is 1. The average molecular weight is 385 g/mol. The summed E-state index contributed by atoms with van der Waals surface area (Å²) in [6.45, 7) is 7.32. The van der Waals surface area contributed by atoms with E-state index < -0.39 is 12.1 Å². The highest BCUT2D eigenvalue weighted by Gasteiger charge is 2.29. The fraction of sp³-hybridized carbons (Fsp3) is 0.286. The van der Waals surface area contributed by atoms with Crippen LogP contribution in [0, 0.1) is 13.8 Å². The summed E-state index contributed by atoms with van der Waals surface area (Å²) in [6.07, 6.45) is 0.337. The maximum absolute atomic E-state index is 12.0. The molecule has 0 aliphatic carbocycles. The lowest BCUT2D eigenvalue weighted by Crippen LogP contribution is -2.21. The number of aromatic nitrogens is 2. The number of carbonyl (C=O) groups is 1. The number of aryl methyl sites for hydroxylation is 2. The molecule has 0 bridgehead atoms. The van der Waals surface area contributed by atoms with Gasteiger partial charge in [0.15, 0.2) is 6.10 Å². The Bertz CT molecular complexity index is 1000. The molecule has 0 aliphatic heterocycles. The van der Waals surface area contributed by atoms with Gasteiger partial charge in [-0.25, -0.2) is 4.79 Å². The molecule has 1 N–H and O–H groups in total. The lowest BCUT2D eigenvalue weighted by Gasteiger charge is -2.23. The quantitative estimate of drug-likeness (QED) is 0.661. The molecule has 6 heteroatoms. The van der Waals surface area contributed by atoms with Crippen molar-refractivity contribution in [3.63, 3.8) is 0 Å². The van der Waals surface area contributed by atoms with E-state index >= 15 is 0 Å². The van der Waals surface area contributed by atoms with Crippen LogP contribution in [-0.4, -0.2) is 27.1 Å². The molecule has 0 saturated heterocycles. The van der Waals surface area contributed by atoms with Crippen LogP contribution < -0.4 is 0 Å². The van der Waals surface area contributed by atoms with Crippen molar-refractivity contribution in [1.82, 2.24) is 9.97 Å². The van der Waals surface area contributed by atoms with Gasteiger partial charge in [0.25, 0.3) is 0 Å². The molecule has 0 saturated carbocycles. The number of hydrogen-bond donors (Lipinski definition) is 1. The third kappa shape index (κ3) is 3.94. The molecule has 1 aromatic carbocycles. The minimum absolute atomic E-state index is 0.260. The van der Waals surface area contributed by atoms with Crippen LogP contribution in [0.3, 0.4) is 0 Å². The summed E-state index contributed by atoms with van der Waals surface area (Å²) in [5.74, 6) is -1.06. The average Bonchev–Trinajstić information content (AvgIpc) is 2.60. The summed E-state index contributed by atoms with van der Waals surface area (Å²) in [5, 5.41) is 11.2. The third-order valence-corrected chi connectivity index (χ3v) is 4.51. The Balaban J connectivity index is 2.40. The van der Waals surface area contributed by atoms with E-state index in [0.717, 1.165) is 27.7 Å². The van der Waals surface area contributed by atoms with Gasteiger partial charge >= 0.3 is 5.97 Å². The van der Waals surface area contributed by atoms with E-state index in [1.165, 1.54) is 0 Å². The van der Waals surface area contributed by atoms with E-state index in [-0.39, 0.29) is 6.10 Å². The van der Waals surface area contributed by atoms with Gasteiger partial charge in [0.05, 0.1) is 11.6 Å². The SMILES string of the molecule is Cc1ccc(-c2c(C(OC(C)C)C(=O)O)c(C)nc3ccc(Cl)cc23)cn1. The van der Waals surface area contributed by atoms with Crippen molar-refractivity contribution in [2.75, 3.05) is 0 Å². The predicted octanol–water partition coefficient (Wildman–Crippen LogP) is 5.12. The van der Waals surface area contributed by atoms with Crippen molar-refractivity contribution in [2.45, 2.75) is 39.9 Å². The topological polar surface area (TPSA) is 72.3 Å². The Morgan fingerprint density at radius 2 is 1.93 bits per heavy atom. The fourth-order valence-electron chi connectivity index (χ4n) is 3.14. The molecule has 0 spiro atoms. The number of carboxylic acid groups (broad SMARTS) is 1. The first-order valence-corrected chi connectivity index (χ1v) is 9.06. The highest BCUT2D eigenvalue weighted by atomic mass is 35.5. The molecule has 0 radical (unpaired) electrons. The maximum atomic E-state index is 12.0. The summed E-state index contributed by atoms with van der Waals surface area (Å²) >= 11 is 6.23. The number of nitrogens with zero attached hydrogens (tertiary/aromatic N) is 2. The Kier molecular flexibility index (Phi) is 5.44. The molecule has 0 aliphatic rings. The first-order valence-electron chi connectivity index (χ1n) is 8.69. The summed E-state index contributed by atoms with van der Waals surface area (Å²) in [7, 11) is 0. The summed E-state index contributed by atoms with van der Waals surface area (Å²) in [5.41, 5.74) is 4.28. The predicted molar refractivity (Wildman–Crippen MR) is 106 cm³/mol. The largest absolute Gasteiger partial charge is 0.479 e. The van der Waals surface area contributed by atoms with Gasteiger partial charge in [0, 0.05) is 44.7 Å². The van der Waals surface area contributed by atoms with Crippen molar-refractivity contribution in [3.05, 3.63) is 58.5 Å². The minimum Gasteiger partial charge on any atom is -0.479 e. The van der Waals surface area contributed by atoms with Crippen LogP contribution in [0.4, 0.5) is 0 Å². The van der Waals surface area contributed by atoms with Gasteiger partial charge in [-0.3, -0.25) is 9.97 Å². The van der Waals surface area contributed by atoms with Crippen LogP contribution >= 0.6 is 11.6 Å². The van der Waals surface area contributed by atoms with Crippen molar-refractivity contribution in [2.24, 2.45) is 0 Å². The van der Waals surface area contributed by atoms with E-state index in [0.29, 0.717) is 16.3 Å². The van der Waals surface area contributed by atoms with Crippen LogP contribution in [0.25, 0.3) is 22.0 Å². The molecule has 140 valence electrons. The molecule has 3 aromatic rings. The molecule has 5 nitrogen and oxygen atoms in total. The molecule has 2 heterocycles. The number of carboxylic acids is 1. The highest BCUT2D eigenvalue weighted by molar-refractivity contribution is 6.31. The van der Waals surface area contributed by atoms with Crippen LogP contribution in [0.1, 0.15) is 36.9 Å². The number of rotatable bonds is 5. The van der Waals surface area contributed by atoms with Gasteiger partial charge in [-0.05, 0) is 52.0 Å². The molecule has 27 heavy (non-hydrogen) atoms. The third-order valence-electron chi connectivity index (χ3n) is 4.27. The Morgan fingerprint density at radius 3 is 2.52 bits per heavy atom. The van der Waals surface area contributed by atoms with Gasteiger partial charge < -0.3 is 9.84 Å². The van der Waals surface area contributed by atoms with Crippen LogP contribution in [-0.2, 0) is 9.53 Å². The Hall–Kier alpha value is -2.50. The lowest BCUT2D eigenvalue weighted by atomic mass is 9.92. The second-order valence-electron chi connectivity index (χ2n) is 6.74. The standard InChI is InChI=1S/C21H21ClN2O3/c1-11(2)27-20(21(25)26)18-13(4)24-17-8-7-15(22)9-16(17)19(18)14-6-5-12(3)23-10-14/h5-11,20H,1-4H3,(H,25,26). The molecule has 1 atom stereocenters.